The Labute approximate surface area is 238 Å². The van der Waals surface area contributed by atoms with E-state index in [9.17, 15) is 9.59 Å². The zero-order valence-corrected chi connectivity index (χ0v) is 24.6. The van der Waals surface area contributed by atoms with E-state index in [1.54, 1.807) is 49.9 Å². The maximum absolute atomic E-state index is 13.7. The summed E-state index contributed by atoms with van der Waals surface area (Å²) in [5, 5.41) is 8.66. The summed E-state index contributed by atoms with van der Waals surface area (Å²) in [6.07, 6.45) is 3.10. The number of anilines is 3. The van der Waals surface area contributed by atoms with Crippen LogP contribution in [0.25, 0.3) is 16.8 Å². The zero-order chi connectivity index (χ0) is 28.2. The van der Waals surface area contributed by atoms with Crippen molar-refractivity contribution in [1.29, 1.82) is 0 Å². The van der Waals surface area contributed by atoms with Gasteiger partial charge < -0.3 is 14.8 Å². The Hall–Kier alpha value is -3.52. The van der Waals surface area contributed by atoms with Crippen LogP contribution in [0.2, 0.25) is 0 Å². The number of amides is 3. The van der Waals surface area contributed by atoms with Crippen molar-refractivity contribution in [3.05, 3.63) is 66.2 Å². The second-order valence-corrected chi connectivity index (χ2v) is 11.2. The van der Waals surface area contributed by atoms with Gasteiger partial charge in [0.15, 0.2) is 0 Å². The van der Waals surface area contributed by atoms with E-state index in [-0.39, 0.29) is 11.9 Å². The molecule has 1 heterocycles. The summed E-state index contributed by atoms with van der Waals surface area (Å²) in [6, 6.07) is 15.2. The highest BCUT2D eigenvalue weighted by Gasteiger charge is 2.34. The smallest absolute Gasteiger partial charge is 0.412 e. The molecule has 0 saturated carbocycles. The summed E-state index contributed by atoms with van der Waals surface area (Å²) in [6.45, 7) is 12.6. The number of urea groups is 1. The lowest BCUT2D eigenvalue weighted by atomic mass is 9.95. The van der Waals surface area contributed by atoms with Gasteiger partial charge in [-0.25, -0.2) is 9.59 Å². The fraction of sp³-hybridized carbons (Fsp3) is 0.355. The summed E-state index contributed by atoms with van der Waals surface area (Å²) in [7, 11) is 0. The number of unbranched alkanes of at least 4 members (excludes halogenated alkanes) is 1. The van der Waals surface area contributed by atoms with Crippen LogP contribution in [0, 0.1) is 0 Å². The molecule has 206 valence electrons. The second kappa shape index (κ2) is 12.1. The SMILES string of the molecule is C=Cc1cc(NC(=O)OC(C)(C)C)ccc1NC(=O)N1C[C@@H](CBr)c2c1cc(OCCCC)c1ccccc21. The van der Waals surface area contributed by atoms with Gasteiger partial charge in [0.25, 0.3) is 0 Å². The van der Waals surface area contributed by atoms with Gasteiger partial charge in [0, 0.05) is 40.6 Å². The molecule has 39 heavy (non-hydrogen) atoms. The molecule has 0 fully saturated rings. The molecule has 4 rings (SSSR count). The van der Waals surface area contributed by atoms with Crippen molar-refractivity contribution >= 4 is 62.0 Å². The highest BCUT2D eigenvalue weighted by Crippen LogP contribution is 2.46. The summed E-state index contributed by atoms with van der Waals surface area (Å²) >= 11 is 3.67. The van der Waals surface area contributed by atoms with Gasteiger partial charge in [-0.1, -0.05) is 66.2 Å². The third kappa shape index (κ3) is 6.56. The summed E-state index contributed by atoms with van der Waals surface area (Å²) in [5.41, 5.74) is 3.20. The first-order valence-electron chi connectivity index (χ1n) is 13.2. The predicted molar refractivity (Wildman–Crippen MR) is 164 cm³/mol. The molecule has 1 aliphatic heterocycles. The standard InChI is InChI=1S/C31H36BrN3O4/c1-6-8-15-38-27-17-26-28(24-12-10-9-11-23(24)27)21(18-32)19-35(26)29(36)34-25-14-13-22(16-20(25)7-2)33-30(37)39-31(3,4)5/h7,9-14,16-17,21H,2,6,8,15,18-19H2,1,3-5H3,(H,33,37)(H,34,36)/t21-/m1/s1. The number of carbonyl (C=O) groups excluding carboxylic acids is 2. The molecule has 1 aliphatic rings. The van der Waals surface area contributed by atoms with Crippen LogP contribution in [0.5, 0.6) is 5.75 Å². The molecule has 0 aromatic heterocycles. The van der Waals surface area contributed by atoms with Crippen molar-refractivity contribution in [2.75, 3.05) is 34.0 Å². The molecule has 0 aliphatic carbocycles. The first kappa shape index (κ1) is 28.5. The number of nitrogens with one attached hydrogen (secondary N) is 2. The maximum Gasteiger partial charge on any atom is 0.412 e. The maximum atomic E-state index is 13.7. The minimum absolute atomic E-state index is 0.139. The Balaban J connectivity index is 1.61. The lowest BCUT2D eigenvalue weighted by Crippen LogP contribution is -2.34. The van der Waals surface area contributed by atoms with Crippen LogP contribution in [0.4, 0.5) is 26.7 Å². The summed E-state index contributed by atoms with van der Waals surface area (Å²) in [4.78, 5) is 27.6. The topological polar surface area (TPSA) is 79.9 Å². The molecule has 3 aromatic rings. The predicted octanol–water partition coefficient (Wildman–Crippen LogP) is 8.54. The number of hydrogen-bond donors (Lipinski definition) is 2. The third-order valence-electron chi connectivity index (χ3n) is 6.47. The van der Waals surface area contributed by atoms with Gasteiger partial charge in [-0.2, -0.15) is 0 Å². The number of benzene rings is 3. The number of hydrogen-bond acceptors (Lipinski definition) is 4. The first-order valence-corrected chi connectivity index (χ1v) is 14.4. The van der Waals surface area contributed by atoms with Gasteiger partial charge >= 0.3 is 12.1 Å². The fourth-order valence-electron chi connectivity index (χ4n) is 4.70. The van der Waals surface area contributed by atoms with Crippen LogP contribution in [0.1, 0.15) is 57.6 Å². The Morgan fingerprint density at radius 2 is 1.87 bits per heavy atom. The van der Waals surface area contributed by atoms with E-state index < -0.39 is 11.7 Å². The largest absolute Gasteiger partial charge is 0.493 e. The number of fused-ring (bicyclic) bond motifs is 3. The molecule has 0 saturated heterocycles. The molecule has 0 spiro atoms. The molecule has 8 heteroatoms. The van der Waals surface area contributed by atoms with Crippen LogP contribution in [0.15, 0.2) is 55.1 Å². The van der Waals surface area contributed by atoms with Gasteiger partial charge in [-0.3, -0.25) is 10.2 Å². The van der Waals surface area contributed by atoms with E-state index in [0.29, 0.717) is 30.1 Å². The average molecular weight is 595 g/mol. The number of halogens is 1. The van der Waals surface area contributed by atoms with Crippen molar-refractivity contribution in [2.45, 2.75) is 52.1 Å². The lowest BCUT2D eigenvalue weighted by Gasteiger charge is -2.21. The van der Waals surface area contributed by atoms with Crippen LogP contribution < -0.4 is 20.3 Å². The first-order chi connectivity index (χ1) is 18.6. The van der Waals surface area contributed by atoms with E-state index in [2.05, 4.69) is 52.2 Å². The monoisotopic (exact) mass is 593 g/mol. The van der Waals surface area contributed by atoms with Crippen LogP contribution in [-0.4, -0.2) is 36.2 Å². The molecule has 0 bridgehead atoms. The van der Waals surface area contributed by atoms with Crippen molar-refractivity contribution < 1.29 is 19.1 Å². The minimum Gasteiger partial charge on any atom is -0.493 e. The number of nitrogens with zero attached hydrogens (tertiary/aromatic N) is 1. The van der Waals surface area contributed by atoms with E-state index in [0.717, 1.165) is 45.9 Å². The van der Waals surface area contributed by atoms with Gasteiger partial charge in [0.05, 0.1) is 12.3 Å². The van der Waals surface area contributed by atoms with E-state index in [1.165, 1.54) is 0 Å². The highest BCUT2D eigenvalue weighted by atomic mass is 79.9. The zero-order valence-electron chi connectivity index (χ0n) is 23.0. The van der Waals surface area contributed by atoms with E-state index in [4.69, 9.17) is 9.47 Å². The Kier molecular flexibility index (Phi) is 8.85. The average Bonchev–Trinajstić information content (AvgIpc) is 3.27. The van der Waals surface area contributed by atoms with Gasteiger partial charge in [0.2, 0.25) is 0 Å². The third-order valence-corrected chi connectivity index (χ3v) is 7.26. The molecule has 1 atom stereocenters. The summed E-state index contributed by atoms with van der Waals surface area (Å²) < 4.78 is 11.5. The van der Waals surface area contributed by atoms with Gasteiger partial charge in [0.1, 0.15) is 11.4 Å². The summed E-state index contributed by atoms with van der Waals surface area (Å²) in [5.74, 6) is 0.926. The normalized spacial score (nSPS) is 14.6. The van der Waals surface area contributed by atoms with Crippen molar-refractivity contribution in [1.82, 2.24) is 0 Å². The second-order valence-electron chi connectivity index (χ2n) is 10.6. The molecular weight excluding hydrogens is 558 g/mol. The van der Waals surface area contributed by atoms with Gasteiger partial charge in [-0.15, -0.1) is 0 Å². The molecule has 3 amide bonds. The number of carbonyl (C=O) groups is 2. The fourth-order valence-corrected chi connectivity index (χ4v) is 5.23. The van der Waals surface area contributed by atoms with Gasteiger partial charge in [-0.05, 0) is 61.9 Å². The molecule has 7 nitrogen and oxygen atoms in total. The molecular formula is C31H36BrN3O4. The minimum atomic E-state index is -0.607. The van der Waals surface area contributed by atoms with E-state index >= 15 is 0 Å². The number of alkyl halides is 1. The molecule has 0 unspecified atom stereocenters. The van der Waals surface area contributed by atoms with Crippen LogP contribution >= 0.6 is 15.9 Å². The van der Waals surface area contributed by atoms with Crippen molar-refractivity contribution in [3.63, 3.8) is 0 Å². The quantitative estimate of drug-likeness (QED) is 0.202. The van der Waals surface area contributed by atoms with Crippen molar-refractivity contribution in [3.8, 4) is 5.75 Å². The van der Waals surface area contributed by atoms with Crippen LogP contribution in [0.3, 0.4) is 0 Å². The Morgan fingerprint density at radius 1 is 1.13 bits per heavy atom. The molecule has 0 radical (unpaired) electrons. The molecule has 3 aromatic carbocycles. The number of rotatable bonds is 8. The Bertz CT molecular complexity index is 1380. The lowest BCUT2D eigenvalue weighted by molar-refractivity contribution is 0.0636. The molecule has 2 N–H and O–H groups in total. The highest BCUT2D eigenvalue weighted by molar-refractivity contribution is 9.09. The van der Waals surface area contributed by atoms with Crippen molar-refractivity contribution in [2.24, 2.45) is 0 Å². The Morgan fingerprint density at radius 3 is 2.54 bits per heavy atom. The van der Waals surface area contributed by atoms with E-state index in [1.807, 2.05) is 18.2 Å². The van der Waals surface area contributed by atoms with Crippen LogP contribution in [-0.2, 0) is 4.74 Å². The number of ether oxygens (including phenoxy) is 2.